The van der Waals surface area contributed by atoms with Crippen LogP contribution in [0, 0.1) is 11.8 Å². The van der Waals surface area contributed by atoms with Crippen molar-refractivity contribution in [2.24, 2.45) is 11.8 Å². The lowest BCUT2D eigenvalue weighted by Crippen LogP contribution is -2.13. The van der Waals surface area contributed by atoms with Crippen molar-refractivity contribution in [3.8, 4) is 0 Å². The maximum absolute atomic E-state index is 9.37. The van der Waals surface area contributed by atoms with E-state index in [0.717, 1.165) is 44.9 Å². The van der Waals surface area contributed by atoms with E-state index in [9.17, 15) is 10.2 Å². The Morgan fingerprint density at radius 2 is 0.861 bits per heavy atom. The molecular weight excluding hydrogens is 456 g/mol. The summed E-state index contributed by atoms with van der Waals surface area (Å²) in [6.07, 6.45) is 6.34. The molecule has 2 aromatic carbocycles. The highest BCUT2D eigenvalue weighted by Gasteiger charge is 2.18. The largest absolute Gasteiger partial charge is 0.396 e. The fourth-order valence-corrected chi connectivity index (χ4v) is 4.72. The van der Waals surface area contributed by atoms with Gasteiger partial charge in [-0.2, -0.15) is 0 Å². The highest BCUT2D eigenvalue weighted by Crippen LogP contribution is 2.30. The summed E-state index contributed by atoms with van der Waals surface area (Å²) < 4.78 is 0. The van der Waals surface area contributed by atoms with Gasteiger partial charge in [-0.3, -0.25) is 0 Å². The Morgan fingerprint density at radius 1 is 0.444 bits per heavy atom. The number of rotatable bonds is 18. The number of benzene rings is 2. The third-order valence-corrected chi connectivity index (χ3v) is 6.79. The van der Waals surface area contributed by atoms with Crippen molar-refractivity contribution >= 4 is 0 Å². The lowest BCUT2D eigenvalue weighted by Gasteiger charge is -2.22. The molecule has 0 radical (unpaired) electrons. The highest BCUT2D eigenvalue weighted by atomic mass is 16.3. The van der Waals surface area contributed by atoms with Crippen LogP contribution in [-0.4, -0.2) is 70.3 Å². The quantitative estimate of drug-likeness (QED) is 0.183. The van der Waals surface area contributed by atoms with Gasteiger partial charge < -0.3 is 30.6 Å². The molecule has 0 saturated heterocycles. The molecule has 0 aromatic heterocycles. The van der Waals surface area contributed by atoms with Crippen molar-refractivity contribution in [3.05, 3.63) is 71.8 Å². The van der Waals surface area contributed by atoms with Gasteiger partial charge in [0.1, 0.15) is 0 Å². The van der Waals surface area contributed by atoms with Crippen LogP contribution in [0.15, 0.2) is 60.7 Å². The summed E-state index contributed by atoms with van der Waals surface area (Å²) in [6, 6.07) is 20.3. The molecule has 0 spiro atoms. The van der Waals surface area contributed by atoms with Crippen molar-refractivity contribution in [3.63, 3.8) is 0 Å². The fourth-order valence-electron chi connectivity index (χ4n) is 4.72. The third kappa shape index (κ3) is 13.5. The third-order valence-electron chi connectivity index (χ3n) is 6.79. The average Bonchev–Trinajstić information content (AvgIpc) is 2.93. The van der Waals surface area contributed by atoms with Crippen LogP contribution < -0.4 is 0 Å². The normalized spacial score (nSPS) is 14.4. The van der Waals surface area contributed by atoms with Crippen LogP contribution in [-0.2, 0) is 0 Å². The van der Waals surface area contributed by atoms with E-state index in [-0.39, 0.29) is 57.4 Å². The van der Waals surface area contributed by atoms with Gasteiger partial charge in [0.05, 0.1) is 0 Å². The minimum atomic E-state index is 0.114. The molecule has 6 N–H and O–H groups in total. The Hall–Kier alpha value is -1.80. The topological polar surface area (TPSA) is 121 Å². The van der Waals surface area contributed by atoms with Crippen LogP contribution in [0.4, 0.5) is 0 Å². The van der Waals surface area contributed by atoms with Gasteiger partial charge in [0.15, 0.2) is 0 Å². The van der Waals surface area contributed by atoms with E-state index in [1.165, 1.54) is 11.1 Å². The molecule has 6 heteroatoms. The summed E-state index contributed by atoms with van der Waals surface area (Å²) in [5.74, 6) is 0.974. The standard InChI is InChI=1S/2C15H24O3/c16-9-4-5-13(12-18)11-15(8-10-17)14-6-2-1-3-7-14;16-9-4-7-15(11-13(12-18)8-10-17)14-5-2-1-3-6-14/h1-3,6-7,13,15-18H,4-5,8-12H2;1-3,5-6,13,15-18H,4,7-12H2. The summed E-state index contributed by atoms with van der Waals surface area (Å²) >= 11 is 0. The first kappa shape index (κ1) is 32.2. The van der Waals surface area contributed by atoms with Gasteiger partial charge in [-0.25, -0.2) is 0 Å². The van der Waals surface area contributed by atoms with E-state index in [1.807, 2.05) is 36.4 Å². The molecule has 0 fully saturated rings. The van der Waals surface area contributed by atoms with Crippen LogP contribution in [0.2, 0.25) is 0 Å². The summed E-state index contributed by atoms with van der Waals surface area (Å²) in [5, 5.41) is 54.6. The van der Waals surface area contributed by atoms with Crippen LogP contribution in [0.3, 0.4) is 0 Å². The summed E-state index contributed by atoms with van der Waals surface area (Å²) in [4.78, 5) is 0. The number of aliphatic hydroxyl groups excluding tert-OH is 6. The highest BCUT2D eigenvalue weighted by molar-refractivity contribution is 5.20. The van der Waals surface area contributed by atoms with Crippen LogP contribution in [0.25, 0.3) is 0 Å². The number of hydrogen-bond donors (Lipinski definition) is 6. The van der Waals surface area contributed by atoms with Gasteiger partial charge in [-0.1, -0.05) is 60.7 Å². The first-order valence-electron chi connectivity index (χ1n) is 13.4. The lowest BCUT2D eigenvalue weighted by molar-refractivity contribution is 0.168. The molecule has 204 valence electrons. The maximum atomic E-state index is 9.37. The zero-order valence-electron chi connectivity index (χ0n) is 21.7. The van der Waals surface area contributed by atoms with Crippen molar-refractivity contribution < 1.29 is 30.6 Å². The number of aliphatic hydroxyl groups is 6. The average molecular weight is 505 g/mol. The maximum Gasteiger partial charge on any atom is 0.0460 e. The van der Waals surface area contributed by atoms with Crippen LogP contribution in [0.5, 0.6) is 0 Å². The second kappa shape index (κ2) is 21.3. The zero-order chi connectivity index (χ0) is 26.4. The molecule has 4 unspecified atom stereocenters. The Balaban J connectivity index is 0.000000360. The molecule has 0 bridgehead atoms. The van der Waals surface area contributed by atoms with Gasteiger partial charge >= 0.3 is 0 Å². The zero-order valence-corrected chi connectivity index (χ0v) is 21.7. The van der Waals surface area contributed by atoms with Gasteiger partial charge in [0.25, 0.3) is 0 Å². The summed E-state index contributed by atoms with van der Waals surface area (Å²) in [7, 11) is 0. The first-order chi connectivity index (χ1) is 17.6. The van der Waals surface area contributed by atoms with Gasteiger partial charge in [0.2, 0.25) is 0 Å². The Morgan fingerprint density at radius 3 is 1.28 bits per heavy atom. The van der Waals surface area contributed by atoms with E-state index in [1.54, 1.807) is 0 Å². The molecule has 4 atom stereocenters. The van der Waals surface area contributed by atoms with Crippen LogP contribution in [0.1, 0.15) is 74.3 Å². The molecule has 2 rings (SSSR count). The van der Waals surface area contributed by atoms with E-state index >= 15 is 0 Å². The van der Waals surface area contributed by atoms with E-state index < -0.39 is 0 Å². The summed E-state index contributed by atoms with van der Waals surface area (Å²) in [5.41, 5.74) is 2.47. The molecule has 0 amide bonds. The molecule has 0 saturated carbocycles. The second-order valence-electron chi connectivity index (χ2n) is 9.54. The van der Waals surface area contributed by atoms with E-state index in [4.69, 9.17) is 20.4 Å². The van der Waals surface area contributed by atoms with Crippen molar-refractivity contribution in [1.29, 1.82) is 0 Å². The van der Waals surface area contributed by atoms with Crippen LogP contribution >= 0.6 is 0 Å². The Bertz CT molecular complexity index is 727. The van der Waals surface area contributed by atoms with Gasteiger partial charge in [-0.05, 0) is 86.2 Å². The fraction of sp³-hybridized carbons (Fsp3) is 0.600. The van der Waals surface area contributed by atoms with Crippen molar-refractivity contribution in [2.45, 2.75) is 63.2 Å². The summed E-state index contributed by atoms with van der Waals surface area (Å²) in [6.45, 7) is 0.919. The Kier molecular flexibility index (Phi) is 19.1. The molecular formula is C30H48O6. The molecule has 6 nitrogen and oxygen atoms in total. The number of hydrogen-bond acceptors (Lipinski definition) is 6. The molecule has 36 heavy (non-hydrogen) atoms. The van der Waals surface area contributed by atoms with Crippen molar-refractivity contribution in [1.82, 2.24) is 0 Å². The first-order valence-corrected chi connectivity index (χ1v) is 13.4. The predicted molar refractivity (Wildman–Crippen MR) is 145 cm³/mol. The molecule has 0 heterocycles. The second-order valence-corrected chi connectivity index (χ2v) is 9.54. The van der Waals surface area contributed by atoms with Gasteiger partial charge in [-0.15, -0.1) is 0 Å². The molecule has 0 aliphatic carbocycles. The Labute approximate surface area is 217 Å². The minimum absolute atomic E-state index is 0.114. The molecule has 0 aliphatic heterocycles. The SMILES string of the molecule is OCCCC(CC(CO)CCO)c1ccccc1.OCCCC(CO)CC(CCO)c1ccccc1. The van der Waals surface area contributed by atoms with E-state index in [2.05, 4.69) is 24.3 Å². The smallest absolute Gasteiger partial charge is 0.0460 e. The molecule has 0 aliphatic rings. The van der Waals surface area contributed by atoms with E-state index in [0.29, 0.717) is 12.3 Å². The predicted octanol–water partition coefficient (Wildman–Crippen LogP) is 3.85. The lowest BCUT2D eigenvalue weighted by atomic mass is 9.85. The monoisotopic (exact) mass is 504 g/mol. The van der Waals surface area contributed by atoms with Crippen molar-refractivity contribution in [2.75, 3.05) is 39.6 Å². The molecule has 2 aromatic rings. The minimum Gasteiger partial charge on any atom is -0.396 e. The van der Waals surface area contributed by atoms with Gasteiger partial charge in [0, 0.05) is 39.6 Å².